The van der Waals surface area contributed by atoms with Crippen molar-refractivity contribution in [1.29, 1.82) is 0 Å². The van der Waals surface area contributed by atoms with E-state index in [0.717, 1.165) is 5.69 Å². The molecule has 0 spiro atoms. The molecule has 2 aromatic rings. The lowest BCUT2D eigenvalue weighted by atomic mass is 10.3. The molecule has 0 unspecified atom stereocenters. The van der Waals surface area contributed by atoms with E-state index in [4.69, 9.17) is 16.3 Å². The van der Waals surface area contributed by atoms with Gasteiger partial charge in [0.2, 0.25) is 0 Å². The summed E-state index contributed by atoms with van der Waals surface area (Å²) in [6.07, 6.45) is 3.20. The third kappa shape index (κ3) is 3.99. The number of nitrogens with zero attached hydrogens (tertiary/aromatic N) is 4. The fourth-order valence-electron chi connectivity index (χ4n) is 1.71. The first-order valence-corrected chi connectivity index (χ1v) is 6.76. The Hall–Kier alpha value is -1.99. The summed E-state index contributed by atoms with van der Waals surface area (Å²) < 4.78 is 6.18. The van der Waals surface area contributed by atoms with Crippen LogP contribution in [0.4, 0.5) is 5.69 Å². The summed E-state index contributed by atoms with van der Waals surface area (Å²) in [5.41, 5.74) is 0.936. The summed E-state index contributed by atoms with van der Waals surface area (Å²) >= 11 is 6.07. The van der Waals surface area contributed by atoms with Crippen molar-refractivity contribution in [2.24, 2.45) is 0 Å². The van der Waals surface area contributed by atoms with Crippen LogP contribution >= 0.6 is 11.6 Å². The van der Waals surface area contributed by atoms with Gasteiger partial charge in [0.15, 0.2) is 0 Å². The van der Waals surface area contributed by atoms with Crippen molar-refractivity contribution in [2.75, 3.05) is 19.0 Å². The van der Waals surface area contributed by atoms with Crippen molar-refractivity contribution in [3.8, 4) is 0 Å². The van der Waals surface area contributed by atoms with Gasteiger partial charge in [0.25, 0.3) is 5.56 Å². The number of aryl methyl sites for hydroxylation is 1. The van der Waals surface area contributed by atoms with E-state index in [1.54, 1.807) is 19.4 Å². The van der Waals surface area contributed by atoms with Crippen LogP contribution in [0.15, 0.2) is 23.3 Å². The predicted molar refractivity (Wildman–Crippen MR) is 79.5 cm³/mol. The maximum atomic E-state index is 12.0. The lowest BCUT2D eigenvalue weighted by Crippen LogP contribution is -2.26. The molecule has 0 saturated heterocycles. The smallest absolute Gasteiger partial charge is 0.287 e. The van der Waals surface area contributed by atoms with Crippen LogP contribution in [0.25, 0.3) is 0 Å². The third-order valence-electron chi connectivity index (χ3n) is 2.79. The van der Waals surface area contributed by atoms with Crippen molar-refractivity contribution in [1.82, 2.24) is 19.7 Å². The molecule has 2 rings (SSSR count). The summed E-state index contributed by atoms with van der Waals surface area (Å²) in [5.74, 6) is 0.688. The minimum atomic E-state index is -0.349. The van der Waals surface area contributed by atoms with E-state index in [1.165, 1.54) is 10.9 Å². The minimum Gasteiger partial charge on any atom is -0.383 e. The molecule has 0 aromatic carbocycles. The lowest BCUT2D eigenvalue weighted by molar-refractivity contribution is 0.182. The van der Waals surface area contributed by atoms with Crippen molar-refractivity contribution in [3.05, 3.63) is 45.4 Å². The molecule has 8 heteroatoms. The molecular formula is C13H16ClN5O2. The number of aromatic nitrogens is 4. The van der Waals surface area contributed by atoms with E-state index >= 15 is 0 Å². The molecule has 0 radical (unpaired) electrons. The highest BCUT2D eigenvalue weighted by Crippen LogP contribution is 2.15. The second-order valence-corrected chi connectivity index (χ2v) is 4.72. The zero-order valence-electron chi connectivity index (χ0n) is 11.8. The predicted octanol–water partition coefficient (Wildman–Crippen LogP) is 1.25. The second kappa shape index (κ2) is 7.14. The van der Waals surface area contributed by atoms with Crippen molar-refractivity contribution < 1.29 is 4.74 Å². The highest BCUT2D eigenvalue weighted by Gasteiger charge is 2.09. The summed E-state index contributed by atoms with van der Waals surface area (Å²) in [6.45, 7) is 3.01. The average molecular weight is 310 g/mol. The zero-order chi connectivity index (χ0) is 15.2. The molecule has 2 aromatic heterocycles. The van der Waals surface area contributed by atoms with Crippen LogP contribution < -0.4 is 10.9 Å². The number of hydrogen-bond donors (Lipinski definition) is 1. The molecule has 7 nitrogen and oxygen atoms in total. The van der Waals surface area contributed by atoms with Crippen LogP contribution in [0.1, 0.15) is 11.5 Å². The summed E-state index contributed by atoms with van der Waals surface area (Å²) in [4.78, 5) is 20.3. The first kappa shape index (κ1) is 15.4. The second-order valence-electron chi connectivity index (χ2n) is 4.34. The molecule has 2 heterocycles. The Morgan fingerprint density at radius 2 is 2.29 bits per heavy atom. The summed E-state index contributed by atoms with van der Waals surface area (Å²) in [7, 11) is 1.56. The van der Waals surface area contributed by atoms with Gasteiger partial charge in [-0.05, 0) is 13.0 Å². The van der Waals surface area contributed by atoms with Gasteiger partial charge in [-0.1, -0.05) is 11.6 Å². The first-order valence-electron chi connectivity index (χ1n) is 6.38. The third-order valence-corrected chi connectivity index (χ3v) is 3.15. The van der Waals surface area contributed by atoms with Gasteiger partial charge in [0.1, 0.15) is 10.8 Å². The largest absolute Gasteiger partial charge is 0.383 e. The standard InChI is InChI=1S/C13H16ClN5O2/c1-9-15-4-3-10(18-9)7-16-11-8-17-19(5-6-21-2)13(20)12(11)14/h3-4,8,16H,5-7H2,1-2H3. The number of rotatable bonds is 6. The van der Waals surface area contributed by atoms with E-state index < -0.39 is 0 Å². The number of anilines is 1. The van der Waals surface area contributed by atoms with Gasteiger partial charge in [-0.3, -0.25) is 4.79 Å². The Labute approximate surface area is 126 Å². The van der Waals surface area contributed by atoms with Crippen molar-refractivity contribution >= 4 is 17.3 Å². The maximum Gasteiger partial charge on any atom is 0.287 e. The summed E-state index contributed by atoms with van der Waals surface area (Å²) in [5, 5.41) is 7.21. The number of methoxy groups -OCH3 is 1. The minimum absolute atomic E-state index is 0.104. The Kier molecular flexibility index (Phi) is 5.24. The van der Waals surface area contributed by atoms with Gasteiger partial charge in [-0.2, -0.15) is 5.10 Å². The Bertz CT molecular complexity index is 674. The molecular weight excluding hydrogens is 294 g/mol. The van der Waals surface area contributed by atoms with Gasteiger partial charge in [-0.25, -0.2) is 14.6 Å². The van der Waals surface area contributed by atoms with E-state index in [1.807, 2.05) is 6.92 Å². The molecule has 0 aliphatic carbocycles. The molecule has 0 atom stereocenters. The Morgan fingerprint density at radius 3 is 3.00 bits per heavy atom. The van der Waals surface area contributed by atoms with Crippen molar-refractivity contribution in [3.63, 3.8) is 0 Å². The van der Waals surface area contributed by atoms with Gasteiger partial charge in [0, 0.05) is 13.3 Å². The number of ether oxygens (including phenoxy) is 1. The normalized spacial score (nSPS) is 10.6. The summed E-state index contributed by atoms with van der Waals surface area (Å²) in [6, 6.07) is 1.79. The van der Waals surface area contributed by atoms with Crippen LogP contribution in [-0.4, -0.2) is 33.5 Å². The molecule has 0 fully saturated rings. The van der Waals surface area contributed by atoms with E-state index in [0.29, 0.717) is 31.2 Å². The molecule has 0 aliphatic rings. The molecule has 0 amide bonds. The fraction of sp³-hybridized carbons (Fsp3) is 0.385. The molecule has 1 N–H and O–H groups in total. The van der Waals surface area contributed by atoms with E-state index in [-0.39, 0.29) is 10.6 Å². The highest BCUT2D eigenvalue weighted by atomic mass is 35.5. The van der Waals surface area contributed by atoms with Crippen LogP contribution in [0.5, 0.6) is 0 Å². The fourth-order valence-corrected chi connectivity index (χ4v) is 1.93. The molecule has 112 valence electrons. The maximum absolute atomic E-state index is 12.0. The first-order chi connectivity index (χ1) is 10.1. The van der Waals surface area contributed by atoms with Gasteiger partial charge in [-0.15, -0.1) is 0 Å². The van der Waals surface area contributed by atoms with Crippen LogP contribution in [-0.2, 0) is 17.8 Å². The molecule has 0 saturated carbocycles. The van der Waals surface area contributed by atoms with E-state index in [9.17, 15) is 4.79 Å². The van der Waals surface area contributed by atoms with Crippen LogP contribution in [0, 0.1) is 6.92 Å². The SMILES string of the molecule is COCCn1ncc(NCc2ccnc(C)n2)c(Cl)c1=O. The average Bonchev–Trinajstić information content (AvgIpc) is 2.48. The van der Waals surface area contributed by atoms with Crippen LogP contribution in [0.2, 0.25) is 5.02 Å². The Balaban J connectivity index is 2.10. The Morgan fingerprint density at radius 1 is 1.48 bits per heavy atom. The molecule has 0 bridgehead atoms. The number of hydrogen-bond acceptors (Lipinski definition) is 6. The van der Waals surface area contributed by atoms with Crippen molar-refractivity contribution in [2.45, 2.75) is 20.0 Å². The topological polar surface area (TPSA) is 81.9 Å². The monoisotopic (exact) mass is 309 g/mol. The number of nitrogens with one attached hydrogen (secondary N) is 1. The van der Waals surface area contributed by atoms with Gasteiger partial charge < -0.3 is 10.1 Å². The molecule has 21 heavy (non-hydrogen) atoms. The van der Waals surface area contributed by atoms with E-state index in [2.05, 4.69) is 20.4 Å². The molecule has 0 aliphatic heterocycles. The van der Waals surface area contributed by atoms with Gasteiger partial charge >= 0.3 is 0 Å². The van der Waals surface area contributed by atoms with Crippen LogP contribution in [0.3, 0.4) is 0 Å². The highest BCUT2D eigenvalue weighted by molar-refractivity contribution is 6.32. The quantitative estimate of drug-likeness (QED) is 0.865. The lowest BCUT2D eigenvalue weighted by Gasteiger charge is -2.10. The van der Waals surface area contributed by atoms with Gasteiger partial charge in [0.05, 0.1) is 37.3 Å². The number of halogens is 1. The zero-order valence-corrected chi connectivity index (χ0v) is 12.6.